The van der Waals surface area contributed by atoms with Crippen molar-refractivity contribution in [3.05, 3.63) is 48.1 Å². The molecule has 0 amide bonds. The Bertz CT molecular complexity index is 606. The van der Waals surface area contributed by atoms with Gasteiger partial charge in [0.2, 0.25) is 0 Å². The molecular formula is C18H22I2O2. The minimum Gasteiger partial charge on any atom is -0.506 e. The number of aryl methyl sites for hydroxylation is 3. The first-order valence-electron chi connectivity index (χ1n) is 7.38. The molecule has 0 radical (unpaired) electrons. The lowest BCUT2D eigenvalue weighted by Crippen LogP contribution is -1.94. The molecule has 2 nitrogen and oxygen atoms in total. The predicted octanol–water partition coefficient (Wildman–Crippen LogP) is 6.60. The van der Waals surface area contributed by atoms with Gasteiger partial charge in [0.15, 0.2) is 0 Å². The van der Waals surface area contributed by atoms with Gasteiger partial charge in [0.05, 0.1) is 7.14 Å². The number of halogens is 2. The van der Waals surface area contributed by atoms with Crippen molar-refractivity contribution in [2.75, 3.05) is 0 Å². The standard InChI is InChI=1S/C16H16I2O2.C2H6/c1-4-11-5-9(2)16(10(3)6-11)20-12-7-13(17)15(19)14(18)8-12;1-2/h5-8,19H,4H2,1-3H3;1-2H3. The van der Waals surface area contributed by atoms with Crippen molar-refractivity contribution in [1.82, 2.24) is 0 Å². The summed E-state index contributed by atoms with van der Waals surface area (Å²) in [6.45, 7) is 10.3. The minimum atomic E-state index is 0.313. The molecule has 2 rings (SSSR count). The van der Waals surface area contributed by atoms with E-state index in [9.17, 15) is 5.11 Å². The maximum absolute atomic E-state index is 9.80. The van der Waals surface area contributed by atoms with Crippen LogP contribution >= 0.6 is 45.2 Å². The van der Waals surface area contributed by atoms with Crippen molar-refractivity contribution in [1.29, 1.82) is 0 Å². The molecule has 4 heteroatoms. The number of aromatic hydroxyl groups is 1. The molecule has 1 N–H and O–H groups in total. The van der Waals surface area contributed by atoms with Crippen LogP contribution in [0.4, 0.5) is 0 Å². The van der Waals surface area contributed by atoms with Gasteiger partial charge < -0.3 is 9.84 Å². The van der Waals surface area contributed by atoms with Crippen LogP contribution in [0.15, 0.2) is 24.3 Å². The summed E-state index contributed by atoms with van der Waals surface area (Å²) in [5, 5.41) is 9.80. The van der Waals surface area contributed by atoms with Gasteiger partial charge in [-0.1, -0.05) is 32.9 Å². The molecule has 0 aliphatic heterocycles. The van der Waals surface area contributed by atoms with Crippen LogP contribution in [0.2, 0.25) is 0 Å². The van der Waals surface area contributed by atoms with Crippen LogP contribution in [0.1, 0.15) is 37.5 Å². The van der Waals surface area contributed by atoms with E-state index in [0.29, 0.717) is 5.75 Å². The lowest BCUT2D eigenvalue weighted by atomic mass is 10.0. The van der Waals surface area contributed by atoms with Gasteiger partial charge in [0.1, 0.15) is 17.2 Å². The second kappa shape index (κ2) is 8.96. The van der Waals surface area contributed by atoms with E-state index in [4.69, 9.17) is 4.74 Å². The summed E-state index contributed by atoms with van der Waals surface area (Å²) in [4.78, 5) is 0. The molecule has 22 heavy (non-hydrogen) atoms. The molecule has 0 saturated heterocycles. The lowest BCUT2D eigenvalue weighted by molar-refractivity contribution is 0.454. The van der Waals surface area contributed by atoms with Crippen LogP contribution < -0.4 is 4.74 Å². The number of phenolic OH excluding ortho intramolecular Hbond substituents is 1. The lowest BCUT2D eigenvalue weighted by Gasteiger charge is -2.14. The highest BCUT2D eigenvalue weighted by Gasteiger charge is 2.11. The second-order valence-electron chi connectivity index (χ2n) is 4.75. The van der Waals surface area contributed by atoms with Gasteiger partial charge in [-0.25, -0.2) is 0 Å². The summed E-state index contributed by atoms with van der Waals surface area (Å²) < 4.78 is 7.63. The Labute approximate surface area is 160 Å². The van der Waals surface area contributed by atoms with Crippen LogP contribution in [-0.4, -0.2) is 5.11 Å². The van der Waals surface area contributed by atoms with Gasteiger partial charge in [-0.15, -0.1) is 0 Å². The highest BCUT2D eigenvalue weighted by molar-refractivity contribution is 14.1. The second-order valence-corrected chi connectivity index (χ2v) is 7.07. The number of ether oxygens (including phenoxy) is 1. The first-order chi connectivity index (χ1) is 10.4. The molecule has 0 aliphatic carbocycles. The van der Waals surface area contributed by atoms with E-state index in [-0.39, 0.29) is 0 Å². The maximum Gasteiger partial charge on any atom is 0.142 e. The Morgan fingerprint density at radius 3 is 1.82 bits per heavy atom. The highest BCUT2D eigenvalue weighted by Crippen LogP contribution is 2.35. The Hall–Kier alpha value is -0.500. The van der Waals surface area contributed by atoms with Crippen LogP contribution in [0.3, 0.4) is 0 Å². The van der Waals surface area contributed by atoms with Crippen molar-refractivity contribution in [3.8, 4) is 17.2 Å². The fraction of sp³-hybridized carbons (Fsp3) is 0.333. The fourth-order valence-corrected chi connectivity index (χ4v) is 3.84. The van der Waals surface area contributed by atoms with Gasteiger partial charge in [-0.05, 0) is 94.3 Å². The summed E-state index contributed by atoms with van der Waals surface area (Å²) in [6, 6.07) is 8.03. The molecule has 0 aliphatic rings. The molecule has 2 aromatic carbocycles. The summed E-state index contributed by atoms with van der Waals surface area (Å²) in [6.07, 6.45) is 1.02. The molecule has 0 saturated carbocycles. The van der Waals surface area contributed by atoms with Crippen molar-refractivity contribution in [2.24, 2.45) is 0 Å². The SMILES string of the molecule is CC.CCc1cc(C)c(Oc2cc(I)c(O)c(I)c2)c(C)c1. The Kier molecular flexibility index (Phi) is 7.96. The summed E-state index contributed by atoms with van der Waals surface area (Å²) >= 11 is 4.22. The highest BCUT2D eigenvalue weighted by atomic mass is 127. The average Bonchev–Trinajstić information content (AvgIpc) is 2.50. The number of benzene rings is 2. The molecule has 0 atom stereocenters. The smallest absolute Gasteiger partial charge is 0.142 e. The number of rotatable bonds is 3. The Balaban J connectivity index is 0.00000116. The van der Waals surface area contributed by atoms with Crippen molar-refractivity contribution in [3.63, 3.8) is 0 Å². The topological polar surface area (TPSA) is 29.5 Å². The van der Waals surface area contributed by atoms with Gasteiger partial charge >= 0.3 is 0 Å². The first kappa shape index (κ1) is 19.5. The Morgan fingerprint density at radius 1 is 0.955 bits per heavy atom. The third kappa shape index (κ3) is 4.75. The largest absolute Gasteiger partial charge is 0.506 e. The Morgan fingerprint density at radius 2 is 1.41 bits per heavy atom. The van der Waals surface area contributed by atoms with Crippen LogP contribution in [0.5, 0.6) is 17.2 Å². The van der Waals surface area contributed by atoms with E-state index in [1.54, 1.807) is 0 Å². The molecule has 0 fully saturated rings. The molecular weight excluding hydrogens is 502 g/mol. The van der Waals surface area contributed by atoms with Crippen molar-refractivity contribution < 1.29 is 9.84 Å². The van der Waals surface area contributed by atoms with Crippen molar-refractivity contribution in [2.45, 2.75) is 41.0 Å². The predicted molar refractivity (Wildman–Crippen MR) is 110 cm³/mol. The van der Waals surface area contributed by atoms with Crippen LogP contribution in [-0.2, 0) is 6.42 Å². The molecule has 0 aromatic heterocycles. The molecule has 0 spiro atoms. The summed E-state index contributed by atoms with van der Waals surface area (Å²) in [5.41, 5.74) is 3.60. The van der Waals surface area contributed by atoms with Gasteiger partial charge in [0.25, 0.3) is 0 Å². The van der Waals surface area contributed by atoms with E-state index in [1.165, 1.54) is 5.56 Å². The summed E-state index contributed by atoms with van der Waals surface area (Å²) in [7, 11) is 0. The molecule has 120 valence electrons. The monoisotopic (exact) mass is 524 g/mol. The third-order valence-corrected chi connectivity index (χ3v) is 4.78. The quantitative estimate of drug-likeness (QED) is 0.459. The van der Waals surface area contributed by atoms with Crippen molar-refractivity contribution >= 4 is 45.2 Å². The van der Waals surface area contributed by atoms with Gasteiger partial charge in [-0.3, -0.25) is 0 Å². The first-order valence-corrected chi connectivity index (χ1v) is 9.54. The average molecular weight is 524 g/mol. The molecule has 0 heterocycles. The third-order valence-electron chi connectivity index (χ3n) is 3.14. The number of hydrogen-bond acceptors (Lipinski definition) is 2. The maximum atomic E-state index is 9.80. The number of hydrogen-bond donors (Lipinski definition) is 1. The van der Waals surface area contributed by atoms with Crippen LogP contribution in [0, 0.1) is 21.0 Å². The fourth-order valence-electron chi connectivity index (χ4n) is 2.12. The summed E-state index contributed by atoms with van der Waals surface area (Å²) in [5.74, 6) is 1.97. The molecule has 0 bridgehead atoms. The van der Waals surface area contributed by atoms with E-state index in [2.05, 4.69) is 78.1 Å². The van der Waals surface area contributed by atoms with Crippen LogP contribution in [0.25, 0.3) is 0 Å². The number of phenols is 1. The van der Waals surface area contributed by atoms with E-state index in [1.807, 2.05) is 26.0 Å². The van der Waals surface area contributed by atoms with Gasteiger partial charge in [-0.2, -0.15) is 0 Å². The molecule has 0 unspecified atom stereocenters. The van der Waals surface area contributed by atoms with E-state index >= 15 is 0 Å². The zero-order chi connectivity index (χ0) is 16.9. The molecule has 2 aromatic rings. The zero-order valence-corrected chi connectivity index (χ0v) is 17.9. The van der Waals surface area contributed by atoms with E-state index in [0.717, 1.165) is 36.2 Å². The normalized spacial score (nSPS) is 9.95. The zero-order valence-electron chi connectivity index (χ0n) is 13.6. The minimum absolute atomic E-state index is 0.313. The van der Waals surface area contributed by atoms with E-state index < -0.39 is 0 Å². The van der Waals surface area contributed by atoms with Gasteiger partial charge in [0, 0.05) is 0 Å².